The van der Waals surface area contributed by atoms with Gasteiger partial charge in [-0.2, -0.15) is 20.1 Å². The zero-order valence-corrected chi connectivity index (χ0v) is 20.1. The summed E-state index contributed by atoms with van der Waals surface area (Å²) in [6.45, 7) is 2.57. The van der Waals surface area contributed by atoms with Crippen molar-refractivity contribution < 1.29 is 14.4 Å². The van der Waals surface area contributed by atoms with Crippen molar-refractivity contribution in [1.82, 2.24) is 19.9 Å². The topological polar surface area (TPSA) is 153 Å². The number of hydrazone groups is 1. The maximum absolute atomic E-state index is 10.8. The molecule has 1 saturated heterocycles. The number of pyridine rings is 1. The first kappa shape index (κ1) is 24.5. The van der Waals surface area contributed by atoms with Crippen molar-refractivity contribution in [2.45, 2.75) is 0 Å². The van der Waals surface area contributed by atoms with Crippen molar-refractivity contribution in [3.8, 4) is 11.6 Å². The third-order valence-electron chi connectivity index (χ3n) is 5.36. The molecule has 0 atom stereocenters. The van der Waals surface area contributed by atoms with Gasteiger partial charge in [-0.05, 0) is 42.0 Å². The van der Waals surface area contributed by atoms with Crippen LogP contribution in [0.15, 0.2) is 78.0 Å². The molecule has 0 saturated carbocycles. The zero-order valence-electron chi connectivity index (χ0n) is 20.1. The summed E-state index contributed by atoms with van der Waals surface area (Å²) in [5, 5.41) is 18.2. The van der Waals surface area contributed by atoms with E-state index < -0.39 is 4.92 Å². The predicted octanol–water partition coefficient (Wildman–Crippen LogP) is 3.99. The molecule has 0 bridgehead atoms. The van der Waals surface area contributed by atoms with Crippen LogP contribution in [0.4, 0.5) is 29.2 Å². The average Bonchev–Trinajstić information content (AvgIpc) is 2.95. The van der Waals surface area contributed by atoms with Crippen LogP contribution in [0.3, 0.4) is 0 Å². The van der Waals surface area contributed by atoms with E-state index >= 15 is 0 Å². The first-order valence-corrected chi connectivity index (χ1v) is 11.7. The fourth-order valence-electron chi connectivity index (χ4n) is 3.47. The van der Waals surface area contributed by atoms with Gasteiger partial charge in [0.05, 0.1) is 24.4 Å². The second-order valence-electron chi connectivity index (χ2n) is 8.03. The number of morpholine rings is 1. The molecule has 0 spiro atoms. The SMILES string of the molecule is O=[N+]([O-])c1ccc(Oc2ccc(/C=N/Nc3nc(Nc4ccccc4)nc(N4CCOCC4)n3)cc2)nc1. The molecule has 1 aliphatic rings. The van der Waals surface area contributed by atoms with Gasteiger partial charge in [-0.1, -0.05) is 18.2 Å². The number of hydrogen-bond acceptors (Lipinski definition) is 12. The maximum atomic E-state index is 10.8. The molecule has 0 amide bonds. The van der Waals surface area contributed by atoms with Gasteiger partial charge in [0.1, 0.15) is 11.9 Å². The van der Waals surface area contributed by atoms with Crippen LogP contribution < -0.4 is 20.4 Å². The third-order valence-corrected chi connectivity index (χ3v) is 5.36. The molecule has 0 aliphatic carbocycles. The molecule has 1 aliphatic heterocycles. The van der Waals surface area contributed by atoms with E-state index in [0.29, 0.717) is 49.9 Å². The molecular formula is C25H23N9O4. The van der Waals surface area contributed by atoms with Gasteiger partial charge in [-0.3, -0.25) is 10.1 Å². The lowest BCUT2D eigenvalue weighted by molar-refractivity contribution is -0.385. The van der Waals surface area contributed by atoms with Gasteiger partial charge < -0.3 is 19.7 Å². The molecule has 13 nitrogen and oxygen atoms in total. The highest BCUT2D eigenvalue weighted by molar-refractivity contribution is 5.80. The molecule has 1 fully saturated rings. The van der Waals surface area contributed by atoms with Crippen LogP contribution in [-0.4, -0.2) is 57.4 Å². The van der Waals surface area contributed by atoms with E-state index in [2.05, 4.69) is 35.8 Å². The number of nitrogens with zero attached hydrogens (tertiary/aromatic N) is 7. The minimum absolute atomic E-state index is 0.102. The lowest BCUT2D eigenvalue weighted by atomic mass is 10.2. The van der Waals surface area contributed by atoms with Gasteiger partial charge >= 0.3 is 0 Å². The zero-order chi connectivity index (χ0) is 26.2. The first-order valence-electron chi connectivity index (χ1n) is 11.7. The Hall–Kier alpha value is -5.17. The van der Waals surface area contributed by atoms with E-state index in [9.17, 15) is 10.1 Å². The molecule has 13 heteroatoms. The Morgan fingerprint density at radius 1 is 0.974 bits per heavy atom. The van der Waals surface area contributed by atoms with E-state index in [1.807, 2.05) is 35.2 Å². The van der Waals surface area contributed by atoms with Gasteiger partial charge in [-0.15, -0.1) is 0 Å². The number of nitrogens with one attached hydrogen (secondary N) is 2. The van der Waals surface area contributed by atoms with Gasteiger partial charge in [0, 0.05) is 30.9 Å². The highest BCUT2D eigenvalue weighted by Gasteiger charge is 2.16. The molecule has 4 aromatic rings. The monoisotopic (exact) mass is 513 g/mol. The third kappa shape index (κ3) is 6.53. The quantitative estimate of drug-likeness (QED) is 0.190. The molecule has 0 unspecified atom stereocenters. The van der Waals surface area contributed by atoms with Crippen LogP contribution >= 0.6 is 0 Å². The Bertz CT molecular complexity index is 1400. The summed E-state index contributed by atoms with van der Waals surface area (Å²) in [6, 6.07) is 19.5. The van der Waals surface area contributed by atoms with E-state index in [0.717, 1.165) is 17.4 Å². The van der Waals surface area contributed by atoms with Gasteiger partial charge in [0.15, 0.2) is 0 Å². The summed E-state index contributed by atoms with van der Waals surface area (Å²) < 4.78 is 11.1. The highest BCUT2D eigenvalue weighted by atomic mass is 16.6. The van der Waals surface area contributed by atoms with Gasteiger partial charge in [-0.25, -0.2) is 10.4 Å². The summed E-state index contributed by atoms with van der Waals surface area (Å²) in [7, 11) is 0. The number of ether oxygens (including phenoxy) is 2. The van der Waals surface area contributed by atoms with Crippen LogP contribution in [0, 0.1) is 10.1 Å². The van der Waals surface area contributed by atoms with Crippen molar-refractivity contribution in [2.75, 3.05) is 41.9 Å². The van der Waals surface area contributed by atoms with E-state index in [1.54, 1.807) is 30.5 Å². The lowest BCUT2D eigenvalue weighted by Gasteiger charge is -2.27. The number of nitro groups is 1. The Morgan fingerprint density at radius 2 is 1.74 bits per heavy atom. The molecule has 0 radical (unpaired) electrons. The summed E-state index contributed by atoms with van der Waals surface area (Å²) in [5.74, 6) is 2.00. The highest BCUT2D eigenvalue weighted by Crippen LogP contribution is 2.22. The van der Waals surface area contributed by atoms with Crippen molar-refractivity contribution >= 4 is 35.4 Å². The minimum Gasteiger partial charge on any atom is -0.439 e. The standard InChI is InChI=1S/C25H23N9O4/c35-34(36)20-8-11-22(26-17-20)38-21-9-6-18(7-10-21)16-27-32-24-29-23(28-19-4-2-1-3-5-19)30-25(31-24)33-12-14-37-15-13-33/h1-11,16-17H,12-15H2,(H2,28,29,30,31,32)/b27-16+. The smallest absolute Gasteiger partial charge is 0.287 e. The van der Waals surface area contributed by atoms with E-state index in [1.165, 1.54) is 12.1 Å². The number of para-hydroxylation sites is 1. The number of aromatic nitrogens is 4. The van der Waals surface area contributed by atoms with Crippen molar-refractivity contribution in [2.24, 2.45) is 5.10 Å². The second-order valence-corrected chi connectivity index (χ2v) is 8.03. The Labute approximate surface area is 217 Å². The van der Waals surface area contributed by atoms with Gasteiger partial charge in [0.2, 0.25) is 23.7 Å². The molecule has 192 valence electrons. The normalized spacial score (nSPS) is 13.3. The summed E-state index contributed by atoms with van der Waals surface area (Å²) in [5.41, 5.74) is 4.43. The second kappa shape index (κ2) is 11.7. The average molecular weight is 514 g/mol. The predicted molar refractivity (Wildman–Crippen MR) is 141 cm³/mol. The number of benzene rings is 2. The van der Waals surface area contributed by atoms with Crippen molar-refractivity contribution in [1.29, 1.82) is 0 Å². The van der Waals surface area contributed by atoms with Crippen LogP contribution in [-0.2, 0) is 4.74 Å². The summed E-state index contributed by atoms with van der Waals surface area (Å²) >= 11 is 0. The summed E-state index contributed by atoms with van der Waals surface area (Å²) in [4.78, 5) is 29.8. The van der Waals surface area contributed by atoms with Crippen molar-refractivity contribution in [3.05, 3.63) is 88.6 Å². The molecular weight excluding hydrogens is 490 g/mol. The van der Waals surface area contributed by atoms with Crippen LogP contribution in [0.1, 0.15) is 5.56 Å². The van der Waals surface area contributed by atoms with Crippen molar-refractivity contribution in [3.63, 3.8) is 0 Å². The van der Waals surface area contributed by atoms with E-state index in [4.69, 9.17) is 9.47 Å². The largest absolute Gasteiger partial charge is 0.439 e. The molecule has 2 aromatic carbocycles. The fourth-order valence-corrected chi connectivity index (χ4v) is 3.47. The number of hydrogen-bond donors (Lipinski definition) is 2. The van der Waals surface area contributed by atoms with Crippen LogP contribution in [0.2, 0.25) is 0 Å². The Morgan fingerprint density at radius 3 is 2.45 bits per heavy atom. The Kier molecular flexibility index (Phi) is 7.56. The molecule has 3 heterocycles. The molecule has 5 rings (SSSR count). The van der Waals surface area contributed by atoms with Crippen LogP contribution in [0.25, 0.3) is 0 Å². The van der Waals surface area contributed by atoms with Gasteiger partial charge in [0.25, 0.3) is 5.69 Å². The number of rotatable bonds is 9. The molecule has 38 heavy (non-hydrogen) atoms. The fraction of sp³-hybridized carbons (Fsp3) is 0.160. The lowest BCUT2D eigenvalue weighted by Crippen LogP contribution is -2.37. The summed E-state index contributed by atoms with van der Waals surface area (Å²) in [6.07, 6.45) is 2.77. The maximum Gasteiger partial charge on any atom is 0.287 e. The molecule has 2 aromatic heterocycles. The first-order chi connectivity index (χ1) is 18.6. The molecule has 2 N–H and O–H groups in total. The minimum atomic E-state index is -0.514. The Balaban J connectivity index is 1.26. The van der Waals surface area contributed by atoms with E-state index in [-0.39, 0.29) is 11.6 Å². The number of anilines is 4. The van der Waals surface area contributed by atoms with Crippen LogP contribution in [0.5, 0.6) is 11.6 Å².